The Bertz CT molecular complexity index is 47.4. The van der Waals surface area contributed by atoms with Crippen LogP contribution in [0.4, 0.5) is 0 Å². The molecule has 0 radical (unpaired) electrons. The Morgan fingerprint density at radius 2 is 1.33 bits per heavy atom. The molecule has 0 saturated carbocycles. The molecule has 0 unspecified atom stereocenters. The van der Waals surface area contributed by atoms with Gasteiger partial charge in [-0.15, -0.1) is 0 Å². The summed E-state index contributed by atoms with van der Waals surface area (Å²) >= 11 is -3.19. The molecular formula is CH5AsO3S4. The van der Waals surface area contributed by atoms with Gasteiger partial charge in [-0.3, -0.25) is 0 Å². The molecule has 56 valence electrons. The first-order valence-electron chi connectivity index (χ1n) is 1.68. The minimum atomic E-state index is -3.19. The summed E-state index contributed by atoms with van der Waals surface area (Å²) in [4.78, 5) is 0. The van der Waals surface area contributed by atoms with Crippen molar-refractivity contribution in [1.29, 1.82) is 0 Å². The summed E-state index contributed by atoms with van der Waals surface area (Å²) in [6.45, 7) is 0. The standard InChI is InChI=1S/CH2S4.AsH3O3/c1-2-4-5-3-1;2-1(3)4/h1H2;2-4H. The van der Waals surface area contributed by atoms with Gasteiger partial charge in [-0.25, -0.2) is 0 Å². The van der Waals surface area contributed by atoms with E-state index in [1.165, 1.54) is 5.08 Å². The SMILES string of the molecule is C1SSSS1.O[As](O)O. The molecule has 1 saturated heterocycles. The Kier molecular flexibility index (Phi) is 9.56. The molecular weight excluding hydrogens is 263 g/mol. The predicted molar refractivity (Wildman–Crippen MR) is 47.6 cm³/mol. The Morgan fingerprint density at radius 3 is 1.44 bits per heavy atom. The van der Waals surface area contributed by atoms with E-state index in [4.69, 9.17) is 12.3 Å². The van der Waals surface area contributed by atoms with E-state index in [-0.39, 0.29) is 0 Å². The fourth-order valence-corrected chi connectivity index (χ4v) is 7.95. The van der Waals surface area contributed by atoms with Gasteiger partial charge < -0.3 is 0 Å². The van der Waals surface area contributed by atoms with Crippen LogP contribution in [0.2, 0.25) is 0 Å². The van der Waals surface area contributed by atoms with Gasteiger partial charge in [-0.05, 0) is 19.7 Å². The zero-order chi connectivity index (χ0) is 7.11. The Hall–Kier alpha value is 1.84. The molecule has 1 fully saturated rings. The quantitative estimate of drug-likeness (QED) is 0.439. The van der Waals surface area contributed by atoms with E-state index in [0.29, 0.717) is 0 Å². The summed E-state index contributed by atoms with van der Waals surface area (Å²) in [5, 5.41) is 1.26. The summed E-state index contributed by atoms with van der Waals surface area (Å²) in [7, 11) is 7.57. The first kappa shape index (κ1) is 10.8. The van der Waals surface area contributed by atoms with Crippen LogP contribution in [-0.4, -0.2) is 33.0 Å². The normalized spacial score (nSPS) is 17.3. The van der Waals surface area contributed by atoms with E-state index in [1.54, 1.807) is 0 Å². The monoisotopic (exact) mass is 268 g/mol. The Labute approximate surface area is 73.9 Å². The average Bonchev–Trinajstić information content (AvgIpc) is 2.11. The van der Waals surface area contributed by atoms with Crippen LogP contribution in [0.3, 0.4) is 0 Å². The van der Waals surface area contributed by atoms with E-state index in [9.17, 15) is 0 Å². The third-order valence-corrected chi connectivity index (χ3v) is 7.45. The van der Waals surface area contributed by atoms with Crippen LogP contribution in [0.1, 0.15) is 0 Å². The third kappa shape index (κ3) is 12.9. The second kappa shape index (κ2) is 7.94. The zero-order valence-corrected chi connectivity index (χ0v) is 9.27. The fourth-order valence-electron chi connectivity index (χ4n) is 0.0982. The second-order valence-corrected chi connectivity index (χ2v) is 8.25. The van der Waals surface area contributed by atoms with E-state index < -0.39 is 15.7 Å². The van der Waals surface area contributed by atoms with Crippen LogP contribution in [0.25, 0.3) is 0 Å². The van der Waals surface area contributed by atoms with Crippen molar-refractivity contribution in [3.63, 3.8) is 0 Å². The molecule has 0 aromatic carbocycles. The first-order valence-corrected chi connectivity index (χ1v) is 9.35. The summed E-state index contributed by atoms with van der Waals surface area (Å²) in [6, 6.07) is 0. The van der Waals surface area contributed by atoms with Crippen molar-refractivity contribution in [1.82, 2.24) is 0 Å². The maximum absolute atomic E-state index is 7.31. The summed E-state index contributed by atoms with van der Waals surface area (Å²) < 4.78 is 21.9. The molecule has 0 atom stereocenters. The van der Waals surface area contributed by atoms with Gasteiger partial charge in [0.15, 0.2) is 0 Å². The van der Waals surface area contributed by atoms with Gasteiger partial charge in [0.25, 0.3) is 0 Å². The third-order valence-electron chi connectivity index (χ3n) is 0.220. The van der Waals surface area contributed by atoms with Crippen molar-refractivity contribution >= 4 is 56.9 Å². The summed E-state index contributed by atoms with van der Waals surface area (Å²) in [6.07, 6.45) is 0. The summed E-state index contributed by atoms with van der Waals surface area (Å²) in [5.41, 5.74) is 0. The molecule has 3 N–H and O–H groups in total. The van der Waals surface area contributed by atoms with Crippen LogP contribution in [0.15, 0.2) is 0 Å². The van der Waals surface area contributed by atoms with Crippen LogP contribution in [0, 0.1) is 0 Å². The second-order valence-electron chi connectivity index (χ2n) is 0.758. The van der Waals surface area contributed by atoms with Crippen LogP contribution >= 0.6 is 41.2 Å². The van der Waals surface area contributed by atoms with Crippen LogP contribution in [-0.2, 0) is 0 Å². The molecule has 9 heavy (non-hydrogen) atoms. The average molecular weight is 268 g/mol. The molecule has 0 bridgehead atoms. The topological polar surface area (TPSA) is 60.7 Å². The zero-order valence-electron chi connectivity index (χ0n) is 4.13. The van der Waals surface area contributed by atoms with Crippen molar-refractivity contribution in [3.05, 3.63) is 0 Å². The minimum absolute atomic E-state index is 1.26. The number of hydrogen-bond donors (Lipinski definition) is 3. The van der Waals surface area contributed by atoms with E-state index >= 15 is 0 Å². The van der Waals surface area contributed by atoms with Gasteiger partial charge in [0.2, 0.25) is 0 Å². The van der Waals surface area contributed by atoms with Gasteiger partial charge in [0, 0.05) is 0 Å². The number of rotatable bonds is 0. The van der Waals surface area contributed by atoms with Gasteiger partial charge in [0.05, 0.1) is 5.08 Å². The molecule has 0 amide bonds. The van der Waals surface area contributed by atoms with Gasteiger partial charge in [0.1, 0.15) is 0 Å². The summed E-state index contributed by atoms with van der Waals surface area (Å²) in [5.74, 6) is 0. The van der Waals surface area contributed by atoms with Gasteiger partial charge in [-0.1, -0.05) is 21.6 Å². The van der Waals surface area contributed by atoms with Crippen molar-refractivity contribution < 1.29 is 12.3 Å². The molecule has 0 aromatic rings. The number of hydrogen-bond acceptors (Lipinski definition) is 7. The van der Waals surface area contributed by atoms with Gasteiger partial charge in [-0.2, -0.15) is 0 Å². The van der Waals surface area contributed by atoms with Crippen LogP contribution in [0.5, 0.6) is 0 Å². The first-order chi connectivity index (χ1) is 4.23. The molecule has 1 aliphatic rings. The Morgan fingerprint density at radius 1 is 1.00 bits per heavy atom. The molecule has 8 heteroatoms. The molecule has 0 aliphatic carbocycles. The van der Waals surface area contributed by atoms with Crippen molar-refractivity contribution in [2.24, 2.45) is 0 Å². The van der Waals surface area contributed by atoms with Crippen molar-refractivity contribution in [2.45, 2.75) is 0 Å². The van der Waals surface area contributed by atoms with E-state index in [1.807, 2.05) is 41.2 Å². The van der Waals surface area contributed by atoms with Crippen molar-refractivity contribution in [2.75, 3.05) is 5.08 Å². The van der Waals surface area contributed by atoms with Gasteiger partial charge >= 0.3 is 28.0 Å². The van der Waals surface area contributed by atoms with E-state index in [0.717, 1.165) is 0 Å². The molecule has 3 nitrogen and oxygen atoms in total. The van der Waals surface area contributed by atoms with Crippen LogP contribution < -0.4 is 0 Å². The Balaban J connectivity index is 0.000000148. The fraction of sp³-hybridized carbons (Fsp3) is 1.00. The molecule has 1 aliphatic heterocycles. The molecule has 0 spiro atoms. The predicted octanol–water partition coefficient (Wildman–Crippen LogP) is 0.583. The molecule has 1 heterocycles. The van der Waals surface area contributed by atoms with Crippen molar-refractivity contribution in [3.8, 4) is 0 Å². The molecule has 1 rings (SSSR count). The van der Waals surface area contributed by atoms with E-state index in [2.05, 4.69) is 0 Å². The maximum atomic E-state index is 7.31. The molecule has 0 aromatic heterocycles.